The Morgan fingerprint density at radius 1 is 0.750 bits per heavy atom. The molecule has 0 saturated carbocycles. The van der Waals surface area contributed by atoms with Crippen LogP contribution < -0.4 is 4.90 Å². The molecule has 15 heteroatoms. The molecule has 262 valence electrons. The van der Waals surface area contributed by atoms with Crippen molar-refractivity contribution >= 4 is 23.5 Å². The molecule has 3 saturated heterocycles. The van der Waals surface area contributed by atoms with Crippen LogP contribution in [0.4, 0.5) is 41.2 Å². The summed E-state index contributed by atoms with van der Waals surface area (Å²) in [5.41, 5.74) is -3.12. The summed E-state index contributed by atoms with van der Waals surface area (Å²) < 4.78 is 100. The van der Waals surface area contributed by atoms with Gasteiger partial charge in [-0.15, -0.1) is 0 Å². The van der Waals surface area contributed by atoms with E-state index < -0.39 is 53.0 Å². The van der Waals surface area contributed by atoms with Gasteiger partial charge in [-0.3, -0.25) is 14.5 Å². The molecular weight excluding hydrogens is 649 g/mol. The maximum absolute atomic E-state index is 13.8. The Morgan fingerprint density at radius 2 is 1.27 bits per heavy atom. The number of hydrogen-bond acceptors (Lipinski definition) is 4. The van der Waals surface area contributed by atoms with Crippen LogP contribution in [0.2, 0.25) is 0 Å². The maximum Gasteiger partial charge on any atom is 0.416 e. The lowest BCUT2D eigenvalue weighted by atomic mass is 9.92. The van der Waals surface area contributed by atoms with Crippen molar-refractivity contribution in [3.05, 3.63) is 65.0 Å². The van der Waals surface area contributed by atoms with E-state index in [1.807, 2.05) is 0 Å². The minimum atomic E-state index is -5.10. The van der Waals surface area contributed by atoms with Crippen molar-refractivity contribution in [3.8, 4) is 0 Å². The molecule has 0 aliphatic carbocycles. The smallest absolute Gasteiger partial charge is 0.381 e. The molecule has 0 radical (unpaired) electrons. The summed E-state index contributed by atoms with van der Waals surface area (Å²) in [5.74, 6) is -1.62. The van der Waals surface area contributed by atoms with Gasteiger partial charge in [-0.25, -0.2) is 9.18 Å². The van der Waals surface area contributed by atoms with E-state index in [4.69, 9.17) is 4.74 Å². The third-order valence-electron chi connectivity index (χ3n) is 9.67. The van der Waals surface area contributed by atoms with Gasteiger partial charge >= 0.3 is 18.4 Å². The summed E-state index contributed by atoms with van der Waals surface area (Å²) >= 11 is 0. The normalized spacial score (nSPS) is 21.4. The highest BCUT2D eigenvalue weighted by atomic mass is 19.4. The van der Waals surface area contributed by atoms with Gasteiger partial charge in [0, 0.05) is 76.9 Å². The summed E-state index contributed by atoms with van der Waals surface area (Å²) in [6.45, 7) is 2.11. The zero-order chi connectivity index (χ0) is 35.0. The van der Waals surface area contributed by atoms with Gasteiger partial charge in [-0.1, -0.05) is 12.1 Å². The van der Waals surface area contributed by atoms with Crippen molar-refractivity contribution in [2.75, 3.05) is 58.4 Å². The predicted octanol–water partition coefficient (Wildman–Crippen LogP) is 6.01. The number of likely N-dealkylation sites (N-methyl/N-ethyl adjacent to an activating group) is 1. The number of piperidine rings is 1. The predicted molar refractivity (Wildman–Crippen MR) is 160 cm³/mol. The fourth-order valence-corrected chi connectivity index (χ4v) is 6.83. The molecule has 2 aromatic carbocycles. The Hall–Kier alpha value is -3.88. The first-order chi connectivity index (χ1) is 22.5. The molecule has 3 aliphatic rings. The van der Waals surface area contributed by atoms with Gasteiger partial charge in [0.1, 0.15) is 5.82 Å². The van der Waals surface area contributed by atoms with E-state index in [2.05, 4.69) is 0 Å². The summed E-state index contributed by atoms with van der Waals surface area (Å²) in [6, 6.07) is 4.81. The van der Waals surface area contributed by atoms with Crippen LogP contribution >= 0.6 is 0 Å². The van der Waals surface area contributed by atoms with Gasteiger partial charge in [0.25, 0.3) is 0 Å². The van der Waals surface area contributed by atoms with Crippen LogP contribution in [-0.4, -0.2) is 92.1 Å². The minimum Gasteiger partial charge on any atom is -0.381 e. The molecule has 3 fully saturated rings. The number of ether oxygens (including phenoxy) is 1. The molecule has 4 amide bonds. The van der Waals surface area contributed by atoms with Crippen LogP contribution in [-0.2, 0) is 26.7 Å². The molecule has 0 N–H and O–H groups in total. The Bertz CT molecular complexity index is 1450. The highest BCUT2D eigenvalue weighted by Crippen LogP contribution is 2.39. The molecule has 48 heavy (non-hydrogen) atoms. The number of benzene rings is 2. The van der Waals surface area contributed by atoms with Crippen molar-refractivity contribution in [2.24, 2.45) is 11.8 Å². The number of rotatable bonds is 5. The average molecular weight is 687 g/mol. The van der Waals surface area contributed by atoms with Crippen LogP contribution in [0.25, 0.3) is 0 Å². The zero-order valence-corrected chi connectivity index (χ0v) is 26.5. The second kappa shape index (κ2) is 13.9. The Labute approximate surface area is 273 Å². The topological polar surface area (TPSA) is 73.4 Å². The molecule has 3 aliphatic heterocycles. The first kappa shape index (κ1) is 35.4. The first-order valence-electron chi connectivity index (χ1n) is 15.8. The van der Waals surface area contributed by atoms with E-state index in [-0.39, 0.29) is 42.8 Å². The van der Waals surface area contributed by atoms with Crippen molar-refractivity contribution in [1.82, 2.24) is 14.7 Å². The molecule has 3 heterocycles. The largest absolute Gasteiger partial charge is 0.416 e. The summed E-state index contributed by atoms with van der Waals surface area (Å²) in [7, 11) is 2.45. The van der Waals surface area contributed by atoms with Gasteiger partial charge < -0.3 is 19.4 Å². The van der Waals surface area contributed by atoms with Gasteiger partial charge in [0.15, 0.2) is 0 Å². The van der Waals surface area contributed by atoms with Crippen LogP contribution in [0.1, 0.15) is 48.3 Å². The van der Waals surface area contributed by atoms with Crippen LogP contribution in [0.15, 0.2) is 42.5 Å². The quantitative estimate of drug-likeness (QED) is 0.362. The number of carbonyl (C=O) groups excluding carboxylic acids is 3. The number of urea groups is 1. The minimum absolute atomic E-state index is 0.0120. The van der Waals surface area contributed by atoms with Gasteiger partial charge in [0.2, 0.25) is 11.8 Å². The van der Waals surface area contributed by atoms with Crippen molar-refractivity contribution in [1.29, 1.82) is 0 Å². The fraction of sp³-hybridized carbons (Fsp3) is 0.545. The molecule has 0 spiro atoms. The fourth-order valence-electron chi connectivity index (χ4n) is 6.83. The Morgan fingerprint density at radius 3 is 1.81 bits per heavy atom. The number of anilines is 1. The SMILES string of the molecule is CN(C(=O)N(C)[C@@H]1CN(C(=O)C2CCN(C(=O)C3CCOCC3)CC2)C[C@H]1c1ccc(F)cc1)c1cc(C(F)(F)F)cc(C(F)(F)F)c1. The molecule has 8 nitrogen and oxygen atoms in total. The lowest BCUT2D eigenvalue weighted by Gasteiger charge is -2.36. The van der Waals surface area contributed by atoms with E-state index in [9.17, 15) is 45.1 Å². The van der Waals surface area contributed by atoms with Crippen LogP contribution in [0.5, 0.6) is 0 Å². The van der Waals surface area contributed by atoms with E-state index in [0.29, 0.717) is 74.6 Å². The van der Waals surface area contributed by atoms with Crippen molar-refractivity contribution < 1.29 is 49.9 Å². The van der Waals surface area contributed by atoms with Gasteiger partial charge in [-0.2, -0.15) is 26.3 Å². The Balaban J connectivity index is 1.33. The summed E-state index contributed by atoms with van der Waals surface area (Å²) in [6.07, 6.45) is -7.97. The van der Waals surface area contributed by atoms with Crippen LogP contribution in [0.3, 0.4) is 0 Å². The number of carbonyl (C=O) groups is 3. The number of hydrogen-bond donors (Lipinski definition) is 0. The highest BCUT2D eigenvalue weighted by Gasteiger charge is 2.44. The second-order valence-corrected chi connectivity index (χ2v) is 12.7. The third kappa shape index (κ3) is 7.71. The lowest BCUT2D eigenvalue weighted by Crippen LogP contribution is -2.48. The number of nitrogens with zero attached hydrogens (tertiary/aromatic N) is 4. The number of halogens is 7. The molecule has 2 aromatic rings. The first-order valence-corrected chi connectivity index (χ1v) is 15.8. The second-order valence-electron chi connectivity index (χ2n) is 12.7. The number of alkyl halides is 6. The van der Waals surface area contributed by atoms with Gasteiger partial charge in [-0.05, 0) is 61.6 Å². The third-order valence-corrected chi connectivity index (χ3v) is 9.67. The summed E-state index contributed by atoms with van der Waals surface area (Å²) in [4.78, 5) is 45.7. The monoisotopic (exact) mass is 686 g/mol. The molecule has 0 bridgehead atoms. The van der Waals surface area contributed by atoms with Crippen molar-refractivity contribution in [3.63, 3.8) is 0 Å². The molecule has 0 aromatic heterocycles. The standard InChI is InChI=1S/C33H37F7N4O4/c1-41(26-16-23(32(35,36)37)15-24(17-26)33(38,39)40)31(47)42(2)28-19-44(18-27(28)20-3-5-25(34)6-4-20)30(46)21-7-11-43(12-8-21)29(45)22-9-13-48-14-10-22/h3-6,15-17,21-22,27-28H,7-14,18-19H2,1-2H3/t27-,28+/m0/s1. The lowest BCUT2D eigenvalue weighted by molar-refractivity contribution is -0.144. The number of likely N-dealkylation sites (tertiary alicyclic amines) is 2. The maximum atomic E-state index is 13.8. The van der Waals surface area contributed by atoms with Crippen LogP contribution in [0, 0.1) is 17.7 Å². The van der Waals surface area contributed by atoms with Gasteiger partial charge in [0.05, 0.1) is 17.2 Å². The molecular formula is C33H37F7N4O4. The Kier molecular flexibility index (Phi) is 10.3. The molecule has 5 rings (SSSR count). The van der Waals surface area contributed by atoms with E-state index in [0.717, 1.165) is 7.05 Å². The zero-order valence-electron chi connectivity index (χ0n) is 26.5. The van der Waals surface area contributed by atoms with E-state index in [1.165, 1.54) is 36.2 Å². The summed E-state index contributed by atoms with van der Waals surface area (Å²) in [5, 5.41) is 0. The van der Waals surface area contributed by atoms with E-state index in [1.54, 1.807) is 9.80 Å². The highest BCUT2D eigenvalue weighted by molar-refractivity contribution is 5.92. The van der Waals surface area contributed by atoms with Crippen molar-refractivity contribution in [2.45, 2.75) is 50.0 Å². The molecule has 0 unspecified atom stereocenters. The number of amides is 4. The van der Waals surface area contributed by atoms with E-state index >= 15 is 0 Å². The molecule has 2 atom stereocenters. The average Bonchev–Trinajstić information content (AvgIpc) is 3.52.